The Labute approximate surface area is 427 Å². The molecule has 0 spiro atoms. The van der Waals surface area contributed by atoms with Crippen molar-refractivity contribution in [3.63, 3.8) is 0 Å². The van der Waals surface area contributed by atoms with Crippen molar-refractivity contribution in [1.82, 2.24) is 30.2 Å². The van der Waals surface area contributed by atoms with E-state index in [2.05, 4.69) is 58.7 Å². The van der Waals surface area contributed by atoms with Crippen LogP contribution in [0.1, 0.15) is 121 Å². The third-order valence-corrected chi connectivity index (χ3v) is 16.8. The fourth-order valence-corrected chi connectivity index (χ4v) is 11.8. The standard InChI is InChI=1S/C45H68N7O19P3/c1-43(2,26-68-74(65,66)71-73(63,64)67-25-31-36(70-72(60,61)62)35(55)41(69-31)52-28-51-34-38(46)49-27-50-39(34)52)37(56)40(57)48-23-15-33(54)47-22-14-32(53)44(18-19-44)16-8-6-11-30-13-9-12-29(24-30)10-5-3-4-7-17-45(20-21-45)42(58)59/h9,12-13,24,27-28,31,35-37,41,55-56H,3-8,10-11,14-23,25-26H2,1-2H3,(H,47,54)(H,48,57)(H,58,59)(H,63,64)(H,65,66)(H2,46,49,50)(H2,60,61,62). The first-order valence-electron chi connectivity index (χ1n) is 24.5. The summed E-state index contributed by atoms with van der Waals surface area (Å²) < 4.78 is 62.7. The van der Waals surface area contributed by atoms with Crippen molar-refractivity contribution >= 4 is 64.0 Å². The molecule has 6 rings (SSSR count). The summed E-state index contributed by atoms with van der Waals surface area (Å²) >= 11 is 0. The maximum absolute atomic E-state index is 13.1. The first-order valence-corrected chi connectivity index (χ1v) is 29.0. The van der Waals surface area contributed by atoms with Gasteiger partial charge < -0.3 is 56.0 Å². The van der Waals surface area contributed by atoms with Crippen LogP contribution >= 0.6 is 23.5 Å². The summed E-state index contributed by atoms with van der Waals surface area (Å²) in [6, 6.07) is 8.60. The molecule has 0 bridgehead atoms. The molecule has 2 aromatic heterocycles. The van der Waals surface area contributed by atoms with Crippen LogP contribution in [0.4, 0.5) is 5.82 Å². The Morgan fingerprint density at radius 3 is 2.12 bits per heavy atom. The van der Waals surface area contributed by atoms with Gasteiger partial charge in [-0.2, -0.15) is 4.31 Å². The first kappa shape index (κ1) is 59.1. The van der Waals surface area contributed by atoms with Gasteiger partial charge in [-0.15, -0.1) is 0 Å². The topological polar surface area (TPSA) is 401 Å². The number of benzene rings is 1. The lowest BCUT2D eigenvalue weighted by atomic mass is 9.87. The summed E-state index contributed by atoms with van der Waals surface area (Å²) in [5.41, 5.74) is 6.02. The Morgan fingerprint density at radius 2 is 1.47 bits per heavy atom. The van der Waals surface area contributed by atoms with Crippen molar-refractivity contribution in [3.05, 3.63) is 48.0 Å². The zero-order valence-corrected chi connectivity index (χ0v) is 43.9. The minimum atomic E-state index is -5.60. The monoisotopic (exact) mass is 1100 g/mol. The normalized spacial score (nSPS) is 22.1. The fraction of sp³-hybridized carbons (Fsp3) is 0.667. The number of aryl methyl sites for hydroxylation is 2. The van der Waals surface area contributed by atoms with Crippen molar-refractivity contribution in [1.29, 1.82) is 0 Å². The molecule has 0 radical (unpaired) electrons. The number of hydrogen-bond donors (Lipinski definition) is 10. The Kier molecular flexibility index (Phi) is 19.9. The number of aromatic nitrogens is 4. The van der Waals surface area contributed by atoms with Gasteiger partial charge in [0, 0.05) is 36.8 Å². The number of ketones is 1. The maximum Gasteiger partial charge on any atom is 0.481 e. The average molecular weight is 1100 g/mol. The number of carboxylic acid groups (broad SMARTS) is 1. The number of nitrogens with one attached hydrogen (secondary N) is 2. The number of rotatable bonds is 33. The van der Waals surface area contributed by atoms with Crippen LogP contribution in [0.15, 0.2) is 36.9 Å². The Morgan fingerprint density at radius 1 is 0.865 bits per heavy atom. The van der Waals surface area contributed by atoms with E-state index in [4.69, 9.17) is 19.5 Å². The third kappa shape index (κ3) is 16.7. The number of aliphatic carboxylic acids is 1. The summed E-state index contributed by atoms with van der Waals surface area (Å²) in [5, 5.41) is 36.1. The predicted molar refractivity (Wildman–Crippen MR) is 261 cm³/mol. The van der Waals surface area contributed by atoms with Gasteiger partial charge in [0.15, 0.2) is 17.7 Å². The lowest BCUT2D eigenvalue weighted by Gasteiger charge is -2.30. The highest BCUT2D eigenvalue weighted by molar-refractivity contribution is 7.61. The lowest BCUT2D eigenvalue weighted by molar-refractivity contribution is -0.143. The summed E-state index contributed by atoms with van der Waals surface area (Å²) in [4.78, 5) is 101. The molecule has 2 aliphatic carbocycles. The molecule has 3 heterocycles. The van der Waals surface area contributed by atoms with Crippen LogP contribution in [0.5, 0.6) is 0 Å². The minimum absolute atomic E-state index is 0.0272. The van der Waals surface area contributed by atoms with Crippen molar-refractivity contribution in [3.8, 4) is 0 Å². The molecule has 11 N–H and O–H groups in total. The second-order valence-electron chi connectivity index (χ2n) is 20.0. The van der Waals surface area contributed by atoms with E-state index >= 15 is 0 Å². The molecule has 3 fully saturated rings. The van der Waals surface area contributed by atoms with Crippen LogP contribution in [-0.2, 0) is 68.3 Å². The number of amides is 2. The van der Waals surface area contributed by atoms with Gasteiger partial charge in [-0.05, 0) is 75.3 Å². The van der Waals surface area contributed by atoms with Crippen molar-refractivity contribution in [2.24, 2.45) is 16.2 Å². The van der Waals surface area contributed by atoms with Gasteiger partial charge in [-0.3, -0.25) is 37.3 Å². The van der Waals surface area contributed by atoms with E-state index in [1.165, 1.54) is 25.0 Å². The number of phosphoric acid groups is 3. The Hall–Kier alpha value is -4.10. The number of carbonyl (C=O) groups excluding carboxylic acids is 3. The van der Waals surface area contributed by atoms with Gasteiger partial charge in [0.25, 0.3) is 0 Å². The van der Waals surface area contributed by atoms with Gasteiger partial charge in [0.05, 0.1) is 25.0 Å². The minimum Gasteiger partial charge on any atom is -0.481 e. The van der Waals surface area contributed by atoms with E-state index in [0.717, 1.165) is 107 Å². The number of phosphoric ester groups is 3. The zero-order valence-electron chi connectivity index (χ0n) is 41.2. The highest BCUT2D eigenvalue weighted by Crippen LogP contribution is 2.61. The molecule has 2 amide bonds. The van der Waals surface area contributed by atoms with Gasteiger partial charge in [-0.1, -0.05) is 63.8 Å². The number of hydrogen-bond acceptors (Lipinski definition) is 18. The molecule has 3 aliphatic rings. The van der Waals surface area contributed by atoms with E-state index in [-0.39, 0.29) is 54.1 Å². The van der Waals surface area contributed by atoms with E-state index in [1.54, 1.807) is 0 Å². The summed E-state index contributed by atoms with van der Waals surface area (Å²) in [7, 11) is -16.5. The SMILES string of the molecule is CC(C)(COP(=O)(O)OP(=O)(O)OCC1OC(n2cnc3c(N)ncnc32)C(O)C1OP(=O)(O)O)C(O)C(=O)NCCC(=O)NCCC(=O)C1(CCCCc2cccc(CCCCCCC3(C(=O)O)CC3)c2)CC1. The van der Waals surface area contributed by atoms with Gasteiger partial charge in [0.1, 0.15) is 42.0 Å². The number of aliphatic hydroxyl groups excluding tert-OH is 2. The molecule has 7 atom stereocenters. The number of carboxylic acids is 1. The average Bonchev–Trinajstić information content (AvgIpc) is 4.24. The molecule has 74 heavy (non-hydrogen) atoms. The molecule has 412 valence electrons. The molecule has 3 aromatic rings. The summed E-state index contributed by atoms with van der Waals surface area (Å²) in [6.07, 6.45) is 5.87. The van der Waals surface area contributed by atoms with E-state index in [9.17, 15) is 67.8 Å². The highest BCUT2D eigenvalue weighted by Gasteiger charge is 2.51. The van der Waals surface area contributed by atoms with Crippen LogP contribution < -0.4 is 16.4 Å². The molecule has 2 saturated carbocycles. The molecule has 1 saturated heterocycles. The Balaban J connectivity index is 0.841. The van der Waals surface area contributed by atoms with Gasteiger partial charge >= 0.3 is 29.4 Å². The first-order chi connectivity index (χ1) is 34.7. The molecule has 7 unspecified atom stereocenters. The van der Waals surface area contributed by atoms with Crippen molar-refractivity contribution in [2.45, 2.75) is 147 Å². The molecule has 26 nitrogen and oxygen atoms in total. The van der Waals surface area contributed by atoms with Crippen molar-refractivity contribution in [2.75, 3.05) is 32.0 Å². The quantitative estimate of drug-likeness (QED) is 0.0305. The number of aliphatic hydroxyl groups is 2. The molecular formula is C45H68N7O19P3. The number of imidazole rings is 1. The maximum atomic E-state index is 13.1. The molecule has 1 aliphatic heterocycles. The number of Topliss-reactive ketones (excluding diaryl/α,β-unsaturated/α-hetero) is 1. The lowest BCUT2D eigenvalue weighted by Crippen LogP contribution is -2.46. The van der Waals surface area contributed by atoms with Gasteiger partial charge in [-0.25, -0.2) is 28.6 Å². The molecular weight excluding hydrogens is 1040 g/mol. The Bertz CT molecular complexity index is 2610. The summed E-state index contributed by atoms with van der Waals surface area (Å²) in [6.45, 7) is 0.382. The van der Waals surface area contributed by atoms with Crippen LogP contribution in [0.25, 0.3) is 11.2 Å². The number of fused-ring (bicyclic) bond motifs is 1. The van der Waals surface area contributed by atoms with Crippen LogP contribution in [0.2, 0.25) is 0 Å². The van der Waals surface area contributed by atoms with Gasteiger partial charge in [0.2, 0.25) is 11.8 Å². The number of ether oxygens (including phenoxy) is 1. The van der Waals surface area contributed by atoms with E-state index in [1.807, 2.05) is 0 Å². The van der Waals surface area contributed by atoms with E-state index in [0.29, 0.717) is 0 Å². The third-order valence-electron chi connectivity index (χ3n) is 13.7. The molecule has 1 aromatic carbocycles. The fourth-order valence-electron chi connectivity index (χ4n) is 8.94. The number of nitrogen functional groups attached to an aromatic ring is 1. The number of nitrogens with zero attached hydrogens (tertiary/aromatic N) is 4. The summed E-state index contributed by atoms with van der Waals surface area (Å²) in [5.74, 6) is -2.03. The smallest absolute Gasteiger partial charge is 0.481 e. The number of unbranched alkanes of at least 4 members (excludes halogenated alkanes) is 4. The van der Waals surface area contributed by atoms with Crippen LogP contribution in [-0.4, -0.2) is 129 Å². The predicted octanol–water partition coefficient (Wildman–Crippen LogP) is 3.92. The molecule has 29 heteroatoms. The van der Waals surface area contributed by atoms with E-state index < -0.39 is 95.9 Å². The zero-order chi connectivity index (χ0) is 54.1. The van der Waals surface area contributed by atoms with Crippen LogP contribution in [0, 0.1) is 16.2 Å². The number of carbonyl (C=O) groups is 4. The van der Waals surface area contributed by atoms with Crippen molar-refractivity contribution < 1.29 is 90.4 Å². The number of nitrogens with two attached hydrogens (primary N) is 1. The highest BCUT2D eigenvalue weighted by atomic mass is 31.3. The number of anilines is 1. The van der Waals surface area contributed by atoms with Crippen LogP contribution in [0.3, 0.4) is 0 Å². The second-order valence-corrected chi connectivity index (χ2v) is 24.3. The second kappa shape index (κ2) is 24.9. The largest absolute Gasteiger partial charge is 0.481 e.